The van der Waals surface area contributed by atoms with Crippen LogP contribution >= 0.6 is 0 Å². The number of hydrogen-bond acceptors (Lipinski definition) is 4. The van der Waals surface area contributed by atoms with E-state index in [1.54, 1.807) is 13.2 Å². The summed E-state index contributed by atoms with van der Waals surface area (Å²) in [5.41, 5.74) is 3.38. The zero-order chi connectivity index (χ0) is 18.1. The molecule has 1 atom stereocenters. The average molecular weight is 331 g/mol. The topological polar surface area (TPSA) is 68.5 Å². The van der Waals surface area contributed by atoms with Crippen molar-refractivity contribution in [3.63, 3.8) is 0 Å². The van der Waals surface area contributed by atoms with Crippen LogP contribution in [0.1, 0.15) is 44.4 Å². The number of carbonyl (C=O) groups is 2. The van der Waals surface area contributed by atoms with Crippen LogP contribution in [-0.4, -0.2) is 23.5 Å². The van der Waals surface area contributed by atoms with Crippen LogP contribution in [-0.2, 0) is 20.7 Å². The monoisotopic (exact) mass is 331 g/mol. The van der Waals surface area contributed by atoms with E-state index in [0.29, 0.717) is 0 Å². The van der Waals surface area contributed by atoms with E-state index in [2.05, 4.69) is 5.32 Å². The predicted molar refractivity (Wildman–Crippen MR) is 92.8 cm³/mol. The maximum Gasteiger partial charge on any atom is 0.311 e. The van der Waals surface area contributed by atoms with Gasteiger partial charge in [-0.05, 0) is 52.7 Å². The van der Waals surface area contributed by atoms with Gasteiger partial charge in [0.25, 0.3) is 5.91 Å². The van der Waals surface area contributed by atoms with Crippen LogP contribution < -0.4 is 5.32 Å². The van der Waals surface area contributed by atoms with Crippen molar-refractivity contribution in [3.8, 4) is 0 Å². The van der Waals surface area contributed by atoms with Gasteiger partial charge >= 0.3 is 5.97 Å². The molecular weight excluding hydrogens is 306 g/mol. The fourth-order valence-electron chi connectivity index (χ4n) is 2.44. The number of carbonyl (C=O) groups excluding carboxylic acids is 2. The molecule has 24 heavy (non-hydrogen) atoms. The summed E-state index contributed by atoms with van der Waals surface area (Å²) in [4.78, 5) is 24.1. The zero-order valence-electron chi connectivity index (χ0n) is 15.1. The average Bonchev–Trinajstić information content (AvgIpc) is 2.84. The molecule has 0 bridgehead atoms. The first kappa shape index (κ1) is 18.0. The minimum atomic E-state index is -0.834. The molecule has 130 valence electrons. The third-order valence-electron chi connectivity index (χ3n) is 3.85. The number of nitrogens with one attached hydrogen (secondary N) is 1. The van der Waals surface area contributed by atoms with Gasteiger partial charge in [-0.15, -0.1) is 0 Å². The second-order valence-electron chi connectivity index (χ2n) is 7.19. The molecule has 1 amide bonds. The summed E-state index contributed by atoms with van der Waals surface area (Å²) in [6.07, 6.45) is 0.819. The summed E-state index contributed by atoms with van der Waals surface area (Å²) in [6, 6.07) is 3.95. The van der Waals surface area contributed by atoms with Crippen molar-refractivity contribution in [2.75, 3.05) is 0 Å². The van der Waals surface area contributed by atoms with Crippen molar-refractivity contribution >= 4 is 22.8 Å². The number of benzene rings is 1. The molecule has 0 unspecified atom stereocenters. The highest BCUT2D eigenvalue weighted by molar-refractivity contribution is 5.89. The Hall–Kier alpha value is -2.30. The van der Waals surface area contributed by atoms with E-state index in [0.717, 1.165) is 27.7 Å². The molecule has 1 aromatic heterocycles. The SMILES string of the molecule is Cc1ccc2c(CC(=O)O[C@@H](C)C(=O)NC(C)(C)C)coc2c1C. The van der Waals surface area contributed by atoms with Crippen LogP contribution in [0, 0.1) is 13.8 Å². The van der Waals surface area contributed by atoms with Gasteiger partial charge in [0.2, 0.25) is 0 Å². The van der Waals surface area contributed by atoms with Crippen molar-refractivity contribution < 1.29 is 18.7 Å². The van der Waals surface area contributed by atoms with Crippen molar-refractivity contribution in [2.45, 2.75) is 59.6 Å². The predicted octanol–water partition coefficient (Wildman–Crippen LogP) is 3.44. The van der Waals surface area contributed by atoms with Gasteiger partial charge in [-0.1, -0.05) is 12.1 Å². The zero-order valence-corrected chi connectivity index (χ0v) is 15.1. The third kappa shape index (κ3) is 4.16. The molecule has 0 spiro atoms. The standard InChI is InChI=1S/C19H25NO4/c1-11-7-8-15-14(10-23-17(15)12(11)2)9-16(21)24-13(3)18(22)20-19(4,5)6/h7-8,10,13H,9H2,1-6H3,(H,20,22)/t13-/m0/s1. The minimum absolute atomic E-state index is 0.0721. The molecule has 0 saturated heterocycles. The van der Waals surface area contributed by atoms with Crippen LogP contribution in [0.25, 0.3) is 11.0 Å². The lowest BCUT2D eigenvalue weighted by Crippen LogP contribution is -2.46. The van der Waals surface area contributed by atoms with Gasteiger partial charge in [0, 0.05) is 16.5 Å². The largest absolute Gasteiger partial charge is 0.464 e. The molecule has 0 radical (unpaired) electrons. The van der Waals surface area contributed by atoms with E-state index in [-0.39, 0.29) is 17.9 Å². The van der Waals surface area contributed by atoms with E-state index in [4.69, 9.17) is 9.15 Å². The summed E-state index contributed by atoms with van der Waals surface area (Å²) in [7, 11) is 0. The molecule has 5 nitrogen and oxygen atoms in total. The number of esters is 1. The Morgan fingerprint density at radius 2 is 1.92 bits per heavy atom. The van der Waals surface area contributed by atoms with Crippen molar-refractivity contribution in [1.82, 2.24) is 5.32 Å². The molecule has 0 saturated carbocycles. The molecule has 0 fully saturated rings. The van der Waals surface area contributed by atoms with Crippen LogP contribution in [0.5, 0.6) is 0 Å². The molecule has 1 N–H and O–H groups in total. The van der Waals surface area contributed by atoms with Crippen LogP contribution in [0.15, 0.2) is 22.8 Å². The molecule has 0 aliphatic carbocycles. The first-order chi connectivity index (χ1) is 11.1. The Kier molecular flexibility index (Phi) is 5.02. The van der Waals surface area contributed by atoms with Gasteiger partial charge in [0.05, 0.1) is 12.7 Å². The van der Waals surface area contributed by atoms with Crippen molar-refractivity contribution in [1.29, 1.82) is 0 Å². The lowest BCUT2D eigenvalue weighted by molar-refractivity contribution is -0.154. The van der Waals surface area contributed by atoms with Gasteiger partial charge in [0.15, 0.2) is 6.10 Å². The number of fused-ring (bicyclic) bond motifs is 1. The Labute approximate surface area is 142 Å². The number of ether oxygens (including phenoxy) is 1. The summed E-state index contributed by atoms with van der Waals surface area (Å²) in [5, 5.41) is 3.70. The first-order valence-corrected chi connectivity index (χ1v) is 8.06. The van der Waals surface area contributed by atoms with Gasteiger partial charge in [-0.25, -0.2) is 0 Å². The maximum absolute atomic E-state index is 12.1. The van der Waals surface area contributed by atoms with Crippen LogP contribution in [0.3, 0.4) is 0 Å². The molecule has 1 aromatic carbocycles. The molecule has 2 aromatic rings. The van der Waals surface area contributed by atoms with E-state index < -0.39 is 12.1 Å². The van der Waals surface area contributed by atoms with Gasteiger partial charge in [-0.3, -0.25) is 9.59 Å². The quantitative estimate of drug-likeness (QED) is 0.872. The van der Waals surface area contributed by atoms with Crippen molar-refractivity contribution in [2.24, 2.45) is 0 Å². The number of hydrogen-bond donors (Lipinski definition) is 1. The van der Waals surface area contributed by atoms with E-state index >= 15 is 0 Å². The molecule has 0 aliphatic rings. The molecular formula is C19H25NO4. The summed E-state index contributed by atoms with van der Waals surface area (Å²) in [6.45, 7) is 11.2. The molecule has 2 rings (SSSR count). The molecule has 5 heteroatoms. The Bertz CT molecular complexity index is 768. The summed E-state index contributed by atoms with van der Waals surface area (Å²) in [5.74, 6) is -0.758. The van der Waals surface area contributed by atoms with Crippen LogP contribution in [0.2, 0.25) is 0 Å². The highest BCUT2D eigenvalue weighted by atomic mass is 16.5. The number of rotatable bonds is 4. The van der Waals surface area contributed by atoms with Gasteiger partial charge in [0.1, 0.15) is 5.58 Å². The lowest BCUT2D eigenvalue weighted by atomic mass is 10.0. The van der Waals surface area contributed by atoms with E-state index in [9.17, 15) is 9.59 Å². The molecule has 1 heterocycles. The fraction of sp³-hybridized carbons (Fsp3) is 0.474. The Morgan fingerprint density at radius 3 is 2.54 bits per heavy atom. The first-order valence-electron chi connectivity index (χ1n) is 8.06. The van der Waals surface area contributed by atoms with Crippen molar-refractivity contribution in [3.05, 3.63) is 35.1 Å². The number of furan rings is 1. The number of amides is 1. The van der Waals surface area contributed by atoms with Gasteiger partial charge < -0.3 is 14.5 Å². The lowest BCUT2D eigenvalue weighted by Gasteiger charge is -2.23. The summed E-state index contributed by atoms with van der Waals surface area (Å²) >= 11 is 0. The summed E-state index contributed by atoms with van der Waals surface area (Å²) < 4.78 is 10.8. The van der Waals surface area contributed by atoms with E-state index in [1.165, 1.54) is 0 Å². The highest BCUT2D eigenvalue weighted by Gasteiger charge is 2.23. The smallest absolute Gasteiger partial charge is 0.311 e. The highest BCUT2D eigenvalue weighted by Crippen LogP contribution is 2.27. The Balaban J connectivity index is 2.05. The van der Waals surface area contributed by atoms with Gasteiger partial charge in [-0.2, -0.15) is 0 Å². The second kappa shape index (κ2) is 6.67. The molecule has 0 aliphatic heterocycles. The normalized spacial score (nSPS) is 12.9. The van der Waals surface area contributed by atoms with Crippen LogP contribution in [0.4, 0.5) is 0 Å². The second-order valence-corrected chi connectivity index (χ2v) is 7.19. The Morgan fingerprint density at radius 1 is 1.25 bits per heavy atom. The number of aryl methyl sites for hydroxylation is 2. The maximum atomic E-state index is 12.1. The fourth-order valence-corrected chi connectivity index (χ4v) is 2.44. The third-order valence-corrected chi connectivity index (χ3v) is 3.85. The minimum Gasteiger partial charge on any atom is -0.464 e. The van der Waals surface area contributed by atoms with E-state index in [1.807, 2.05) is 46.8 Å².